The van der Waals surface area contributed by atoms with Crippen molar-refractivity contribution in [2.75, 3.05) is 13.1 Å². The normalized spacial score (nSPS) is 10.7. The standard InChI is InChI=1S/C16H22N4O2/c1-4-13-15(16(22)18-9-5-8-17-12(3)21)20-10-11(2)6-7-14(20)19-13/h6-7,10H,4-5,8-9H2,1-3H3,(H,17,21)(H,18,22). The Bertz CT molecular complexity index is 691. The summed E-state index contributed by atoms with van der Waals surface area (Å²) in [7, 11) is 0. The van der Waals surface area contributed by atoms with Gasteiger partial charge >= 0.3 is 0 Å². The molecule has 2 aromatic rings. The highest BCUT2D eigenvalue weighted by Crippen LogP contribution is 2.14. The highest BCUT2D eigenvalue weighted by Gasteiger charge is 2.17. The summed E-state index contributed by atoms with van der Waals surface area (Å²) in [4.78, 5) is 27.7. The lowest BCUT2D eigenvalue weighted by Crippen LogP contribution is -2.30. The minimum atomic E-state index is -0.127. The Morgan fingerprint density at radius 2 is 1.95 bits per heavy atom. The number of fused-ring (bicyclic) bond motifs is 1. The van der Waals surface area contributed by atoms with Crippen LogP contribution in [0.5, 0.6) is 0 Å². The first kappa shape index (κ1) is 16.0. The van der Waals surface area contributed by atoms with E-state index < -0.39 is 0 Å². The number of aromatic nitrogens is 2. The lowest BCUT2D eigenvalue weighted by Gasteiger charge is -2.07. The van der Waals surface area contributed by atoms with Gasteiger partial charge in [-0.05, 0) is 31.4 Å². The molecule has 0 atom stereocenters. The molecule has 6 heteroatoms. The summed E-state index contributed by atoms with van der Waals surface area (Å²) in [6, 6.07) is 3.90. The molecule has 2 amide bonds. The summed E-state index contributed by atoms with van der Waals surface area (Å²) in [6.07, 6.45) is 3.33. The fraction of sp³-hybridized carbons (Fsp3) is 0.438. The highest BCUT2D eigenvalue weighted by atomic mass is 16.2. The Labute approximate surface area is 129 Å². The van der Waals surface area contributed by atoms with Crippen LogP contribution in [0.25, 0.3) is 5.65 Å². The molecule has 0 aliphatic carbocycles. The van der Waals surface area contributed by atoms with Gasteiger partial charge in [0.2, 0.25) is 5.91 Å². The van der Waals surface area contributed by atoms with Crippen LogP contribution >= 0.6 is 0 Å². The van der Waals surface area contributed by atoms with E-state index in [2.05, 4.69) is 15.6 Å². The predicted molar refractivity (Wildman–Crippen MR) is 84.9 cm³/mol. The van der Waals surface area contributed by atoms with E-state index in [0.717, 1.165) is 16.9 Å². The Morgan fingerprint density at radius 1 is 1.23 bits per heavy atom. The van der Waals surface area contributed by atoms with E-state index >= 15 is 0 Å². The monoisotopic (exact) mass is 302 g/mol. The van der Waals surface area contributed by atoms with Crippen LogP contribution in [-0.2, 0) is 11.2 Å². The van der Waals surface area contributed by atoms with E-state index in [1.54, 1.807) is 0 Å². The quantitative estimate of drug-likeness (QED) is 0.793. The summed E-state index contributed by atoms with van der Waals surface area (Å²) in [5, 5.41) is 5.60. The molecule has 22 heavy (non-hydrogen) atoms. The van der Waals surface area contributed by atoms with Gasteiger partial charge in [-0.25, -0.2) is 4.98 Å². The van der Waals surface area contributed by atoms with Gasteiger partial charge in [-0.15, -0.1) is 0 Å². The van der Waals surface area contributed by atoms with Crippen molar-refractivity contribution in [3.63, 3.8) is 0 Å². The first-order chi connectivity index (χ1) is 10.5. The molecule has 2 aromatic heterocycles. The molecule has 6 nitrogen and oxygen atoms in total. The fourth-order valence-corrected chi connectivity index (χ4v) is 2.32. The van der Waals surface area contributed by atoms with Gasteiger partial charge in [0.25, 0.3) is 5.91 Å². The van der Waals surface area contributed by atoms with Crippen LogP contribution in [0.2, 0.25) is 0 Å². The Kier molecular flexibility index (Phi) is 5.14. The van der Waals surface area contributed by atoms with E-state index in [-0.39, 0.29) is 11.8 Å². The third-order valence-electron chi connectivity index (χ3n) is 3.40. The SMILES string of the molecule is CCc1nc2ccc(C)cn2c1C(=O)NCCCNC(C)=O. The van der Waals surface area contributed by atoms with Gasteiger partial charge in [0.1, 0.15) is 11.3 Å². The van der Waals surface area contributed by atoms with E-state index in [1.807, 2.05) is 36.6 Å². The zero-order chi connectivity index (χ0) is 16.1. The minimum absolute atomic E-state index is 0.0585. The largest absolute Gasteiger partial charge is 0.356 e. The Balaban J connectivity index is 2.10. The van der Waals surface area contributed by atoms with Gasteiger partial charge in [0, 0.05) is 26.2 Å². The molecular formula is C16H22N4O2. The maximum absolute atomic E-state index is 12.4. The van der Waals surface area contributed by atoms with Gasteiger partial charge < -0.3 is 10.6 Å². The maximum atomic E-state index is 12.4. The first-order valence-electron chi connectivity index (χ1n) is 7.53. The number of hydrogen-bond donors (Lipinski definition) is 2. The van der Waals surface area contributed by atoms with Crippen molar-refractivity contribution in [2.24, 2.45) is 0 Å². The average Bonchev–Trinajstić information content (AvgIpc) is 2.84. The van der Waals surface area contributed by atoms with Crippen LogP contribution in [0.3, 0.4) is 0 Å². The smallest absolute Gasteiger partial charge is 0.270 e. The summed E-state index contributed by atoms with van der Waals surface area (Å²) in [5.41, 5.74) is 3.25. The van der Waals surface area contributed by atoms with Crippen LogP contribution in [0, 0.1) is 6.92 Å². The number of rotatable bonds is 6. The zero-order valence-corrected chi connectivity index (χ0v) is 13.3. The molecule has 0 aliphatic rings. The lowest BCUT2D eigenvalue weighted by atomic mass is 10.2. The van der Waals surface area contributed by atoms with Gasteiger partial charge in [-0.1, -0.05) is 13.0 Å². The van der Waals surface area contributed by atoms with Crippen LogP contribution in [0.4, 0.5) is 0 Å². The minimum Gasteiger partial charge on any atom is -0.356 e. The molecule has 0 saturated heterocycles. The molecule has 2 heterocycles. The second kappa shape index (κ2) is 7.06. The molecule has 118 valence electrons. The molecule has 0 radical (unpaired) electrons. The molecule has 2 N–H and O–H groups in total. The molecule has 0 aliphatic heterocycles. The third-order valence-corrected chi connectivity index (χ3v) is 3.40. The topological polar surface area (TPSA) is 75.5 Å². The number of pyridine rings is 1. The third kappa shape index (κ3) is 3.63. The summed E-state index contributed by atoms with van der Waals surface area (Å²) in [5.74, 6) is -0.186. The average molecular weight is 302 g/mol. The number of carbonyl (C=O) groups is 2. The van der Waals surface area contributed by atoms with E-state index in [9.17, 15) is 9.59 Å². The molecule has 0 spiro atoms. The van der Waals surface area contributed by atoms with Crippen molar-refractivity contribution in [3.05, 3.63) is 35.3 Å². The van der Waals surface area contributed by atoms with Crippen molar-refractivity contribution in [1.29, 1.82) is 0 Å². The van der Waals surface area contributed by atoms with Crippen LogP contribution in [-0.4, -0.2) is 34.3 Å². The first-order valence-corrected chi connectivity index (χ1v) is 7.53. The molecule has 0 saturated carbocycles. The van der Waals surface area contributed by atoms with Crippen molar-refractivity contribution >= 4 is 17.5 Å². The molecule has 0 bridgehead atoms. The van der Waals surface area contributed by atoms with Crippen molar-refractivity contribution < 1.29 is 9.59 Å². The van der Waals surface area contributed by atoms with E-state index in [1.165, 1.54) is 6.92 Å². The summed E-state index contributed by atoms with van der Waals surface area (Å²) >= 11 is 0. The second-order valence-electron chi connectivity index (χ2n) is 5.29. The fourth-order valence-electron chi connectivity index (χ4n) is 2.32. The van der Waals surface area contributed by atoms with Crippen LogP contribution in [0.15, 0.2) is 18.3 Å². The van der Waals surface area contributed by atoms with Gasteiger partial charge in [0.05, 0.1) is 5.69 Å². The number of carbonyl (C=O) groups excluding carboxylic acids is 2. The van der Waals surface area contributed by atoms with Gasteiger partial charge in [-0.3, -0.25) is 14.0 Å². The van der Waals surface area contributed by atoms with Crippen molar-refractivity contribution in [2.45, 2.75) is 33.6 Å². The predicted octanol–water partition coefficient (Wildman–Crippen LogP) is 1.46. The molecular weight excluding hydrogens is 280 g/mol. The van der Waals surface area contributed by atoms with Crippen LogP contribution in [0.1, 0.15) is 42.0 Å². The second-order valence-corrected chi connectivity index (χ2v) is 5.29. The Hall–Kier alpha value is -2.37. The molecule has 0 aromatic carbocycles. The molecule has 2 rings (SSSR count). The molecule has 0 fully saturated rings. The Morgan fingerprint density at radius 3 is 2.64 bits per heavy atom. The highest BCUT2D eigenvalue weighted by molar-refractivity contribution is 5.94. The summed E-state index contributed by atoms with van der Waals surface area (Å²) < 4.78 is 1.84. The van der Waals surface area contributed by atoms with Gasteiger partial charge in [0.15, 0.2) is 0 Å². The number of nitrogens with zero attached hydrogens (tertiary/aromatic N) is 2. The lowest BCUT2D eigenvalue weighted by molar-refractivity contribution is -0.118. The maximum Gasteiger partial charge on any atom is 0.270 e. The number of aryl methyl sites for hydroxylation is 2. The number of imidazole rings is 1. The van der Waals surface area contributed by atoms with Crippen molar-refractivity contribution in [3.8, 4) is 0 Å². The van der Waals surface area contributed by atoms with E-state index in [4.69, 9.17) is 0 Å². The zero-order valence-electron chi connectivity index (χ0n) is 13.3. The number of nitrogens with one attached hydrogen (secondary N) is 2. The summed E-state index contributed by atoms with van der Waals surface area (Å²) in [6.45, 7) is 6.53. The number of amides is 2. The molecule has 0 unspecified atom stereocenters. The van der Waals surface area contributed by atoms with Crippen molar-refractivity contribution in [1.82, 2.24) is 20.0 Å². The van der Waals surface area contributed by atoms with Crippen LogP contribution < -0.4 is 10.6 Å². The van der Waals surface area contributed by atoms with E-state index in [0.29, 0.717) is 31.6 Å². The van der Waals surface area contributed by atoms with Gasteiger partial charge in [-0.2, -0.15) is 0 Å². The number of hydrogen-bond acceptors (Lipinski definition) is 3.